The topological polar surface area (TPSA) is 66.5 Å². The fraction of sp³-hybridized carbons (Fsp3) is 0.0556. The molecule has 0 unspecified atom stereocenters. The van der Waals surface area contributed by atoms with Crippen molar-refractivity contribution in [1.29, 1.82) is 0 Å². The monoisotopic (exact) mass is 355 g/mol. The third kappa shape index (κ3) is 3.21. The minimum Gasteiger partial charge on any atom is -0.345 e. The molecule has 2 heterocycles. The van der Waals surface area contributed by atoms with Crippen molar-refractivity contribution in [2.24, 2.45) is 0 Å². The molecule has 0 saturated carbocycles. The maximum atomic E-state index is 12.6. The van der Waals surface area contributed by atoms with Gasteiger partial charge in [-0.2, -0.15) is 13.2 Å². The van der Waals surface area contributed by atoms with E-state index in [4.69, 9.17) is 0 Å². The molecule has 5 nitrogen and oxygen atoms in total. The lowest BCUT2D eigenvalue weighted by atomic mass is 10.2. The summed E-state index contributed by atoms with van der Waals surface area (Å²) in [7, 11) is 0. The van der Waals surface area contributed by atoms with Crippen LogP contribution in [0.15, 0.2) is 61.1 Å². The molecule has 0 aliphatic heterocycles. The van der Waals surface area contributed by atoms with Gasteiger partial charge in [0.2, 0.25) is 0 Å². The van der Waals surface area contributed by atoms with Crippen molar-refractivity contribution < 1.29 is 13.2 Å². The van der Waals surface area contributed by atoms with E-state index in [1.165, 1.54) is 12.1 Å². The fourth-order valence-corrected chi connectivity index (χ4v) is 2.53. The molecule has 0 aliphatic rings. The van der Waals surface area contributed by atoms with Gasteiger partial charge in [-0.15, -0.1) is 0 Å². The van der Waals surface area contributed by atoms with E-state index >= 15 is 0 Å². The largest absolute Gasteiger partial charge is 0.416 e. The van der Waals surface area contributed by atoms with Crippen LogP contribution in [0.5, 0.6) is 0 Å². The van der Waals surface area contributed by atoms with Gasteiger partial charge in [0, 0.05) is 17.4 Å². The summed E-state index contributed by atoms with van der Waals surface area (Å²) in [5, 5.41) is 2.99. The molecule has 0 saturated heterocycles. The number of aromatic amines is 1. The van der Waals surface area contributed by atoms with Gasteiger partial charge in [-0.05, 0) is 48.5 Å². The number of imidazole rings is 1. The Morgan fingerprint density at radius 1 is 0.923 bits per heavy atom. The summed E-state index contributed by atoms with van der Waals surface area (Å²) in [6.07, 6.45) is -1.16. The molecule has 8 heteroatoms. The lowest BCUT2D eigenvalue weighted by molar-refractivity contribution is -0.137. The average molecular weight is 355 g/mol. The van der Waals surface area contributed by atoms with Crippen molar-refractivity contribution in [2.45, 2.75) is 6.18 Å². The lowest BCUT2D eigenvalue weighted by Gasteiger charge is -2.09. The first kappa shape index (κ1) is 16.1. The van der Waals surface area contributed by atoms with E-state index in [2.05, 4.69) is 25.3 Å². The van der Waals surface area contributed by atoms with Crippen LogP contribution in [0, 0.1) is 0 Å². The number of nitrogens with one attached hydrogen (secondary N) is 2. The Hall–Kier alpha value is -3.42. The highest BCUT2D eigenvalue weighted by molar-refractivity contribution is 5.80. The average Bonchev–Trinajstić information content (AvgIpc) is 3.09. The van der Waals surface area contributed by atoms with Crippen LogP contribution in [-0.2, 0) is 6.18 Å². The first-order valence-corrected chi connectivity index (χ1v) is 7.70. The Bertz CT molecular complexity index is 1050. The number of hydrogen-bond donors (Lipinski definition) is 2. The van der Waals surface area contributed by atoms with Crippen LogP contribution < -0.4 is 5.32 Å². The first-order valence-electron chi connectivity index (χ1n) is 7.70. The van der Waals surface area contributed by atoms with E-state index in [1.807, 2.05) is 18.2 Å². The Morgan fingerprint density at radius 2 is 1.73 bits per heavy atom. The van der Waals surface area contributed by atoms with Crippen molar-refractivity contribution in [2.75, 3.05) is 5.32 Å². The second-order valence-electron chi connectivity index (χ2n) is 5.60. The van der Waals surface area contributed by atoms with Crippen molar-refractivity contribution in [3.05, 3.63) is 66.6 Å². The quantitative estimate of drug-likeness (QED) is 0.555. The summed E-state index contributed by atoms with van der Waals surface area (Å²) in [5.41, 5.74) is 2.32. The predicted molar refractivity (Wildman–Crippen MR) is 91.8 cm³/mol. The van der Waals surface area contributed by atoms with Gasteiger partial charge in [-0.25, -0.2) is 15.0 Å². The normalized spacial score (nSPS) is 11.7. The van der Waals surface area contributed by atoms with Crippen LogP contribution in [0.2, 0.25) is 0 Å². The molecule has 2 aromatic carbocycles. The van der Waals surface area contributed by atoms with E-state index in [0.29, 0.717) is 17.3 Å². The molecule has 2 N–H and O–H groups in total. The SMILES string of the molecule is FC(F)(F)c1ccc(Nc2ccnc(-c3ccc4nc[nH]c4c3)n2)cc1. The molecular weight excluding hydrogens is 343 g/mol. The summed E-state index contributed by atoms with van der Waals surface area (Å²) in [4.78, 5) is 15.9. The Morgan fingerprint density at radius 3 is 2.50 bits per heavy atom. The molecule has 0 spiro atoms. The smallest absolute Gasteiger partial charge is 0.345 e. The van der Waals surface area contributed by atoms with E-state index in [1.54, 1.807) is 18.6 Å². The third-order valence-electron chi connectivity index (χ3n) is 3.82. The van der Waals surface area contributed by atoms with Gasteiger partial charge in [0.1, 0.15) is 5.82 Å². The molecule has 0 atom stereocenters. The van der Waals surface area contributed by atoms with Crippen LogP contribution in [-0.4, -0.2) is 19.9 Å². The zero-order chi connectivity index (χ0) is 18.1. The minimum absolute atomic E-state index is 0.486. The van der Waals surface area contributed by atoms with Crippen LogP contribution in [0.25, 0.3) is 22.4 Å². The summed E-state index contributed by atoms with van der Waals surface area (Å²) in [6, 6.07) is 12.0. The highest BCUT2D eigenvalue weighted by Crippen LogP contribution is 2.30. The predicted octanol–water partition coefficient (Wildman–Crippen LogP) is 4.78. The van der Waals surface area contributed by atoms with Gasteiger partial charge in [0.05, 0.1) is 22.9 Å². The number of H-pyrrole nitrogens is 1. The van der Waals surface area contributed by atoms with E-state index < -0.39 is 11.7 Å². The second-order valence-corrected chi connectivity index (χ2v) is 5.60. The molecule has 0 radical (unpaired) electrons. The number of fused-ring (bicyclic) bond motifs is 1. The number of halogens is 3. The summed E-state index contributed by atoms with van der Waals surface area (Å²) < 4.78 is 37.9. The van der Waals surface area contributed by atoms with E-state index in [9.17, 15) is 13.2 Å². The molecule has 130 valence electrons. The number of alkyl halides is 3. The molecule has 26 heavy (non-hydrogen) atoms. The van der Waals surface area contributed by atoms with Crippen molar-refractivity contribution in [1.82, 2.24) is 19.9 Å². The van der Waals surface area contributed by atoms with Crippen LogP contribution in [0.4, 0.5) is 24.7 Å². The lowest BCUT2D eigenvalue weighted by Crippen LogP contribution is -2.04. The number of anilines is 2. The minimum atomic E-state index is -4.36. The van der Waals surface area contributed by atoms with Crippen molar-refractivity contribution in [3.63, 3.8) is 0 Å². The first-order chi connectivity index (χ1) is 12.5. The molecule has 4 rings (SSSR count). The fourth-order valence-electron chi connectivity index (χ4n) is 2.53. The van der Waals surface area contributed by atoms with Gasteiger partial charge >= 0.3 is 6.18 Å². The number of benzene rings is 2. The molecule has 4 aromatic rings. The van der Waals surface area contributed by atoms with Crippen molar-refractivity contribution >= 4 is 22.5 Å². The second kappa shape index (κ2) is 6.14. The summed E-state index contributed by atoms with van der Waals surface area (Å²) in [6.45, 7) is 0. The molecule has 0 fully saturated rings. The zero-order valence-corrected chi connectivity index (χ0v) is 13.2. The number of rotatable bonds is 3. The van der Waals surface area contributed by atoms with Gasteiger partial charge in [0.15, 0.2) is 5.82 Å². The van der Waals surface area contributed by atoms with Gasteiger partial charge < -0.3 is 10.3 Å². The maximum Gasteiger partial charge on any atom is 0.416 e. The molecule has 0 bridgehead atoms. The zero-order valence-electron chi connectivity index (χ0n) is 13.2. The van der Waals surface area contributed by atoms with Gasteiger partial charge in [0.25, 0.3) is 0 Å². The number of aromatic nitrogens is 4. The Balaban J connectivity index is 1.59. The van der Waals surface area contributed by atoms with E-state index in [-0.39, 0.29) is 0 Å². The number of hydrogen-bond acceptors (Lipinski definition) is 4. The highest BCUT2D eigenvalue weighted by Gasteiger charge is 2.29. The van der Waals surface area contributed by atoms with E-state index in [0.717, 1.165) is 28.7 Å². The molecule has 0 amide bonds. The third-order valence-corrected chi connectivity index (χ3v) is 3.82. The highest BCUT2D eigenvalue weighted by atomic mass is 19.4. The summed E-state index contributed by atoms with van der Waals surface area (Å²) in [5.74, 6) is 0.984. The summed E-state index contributed by atoms with van der Waals surface area (Å²) >= 11 is 0. The maximum absolute atomic E-state index is 12.6. The van der Waals surface area contributed by atoms with Crippen LogP contribution in [0.3, 0.4) is 0 Å². The Kier molecular flexibility index (Phi) is 3.80. The van der Waals surface area contributed by atoms with Crippen molar-refractivity contribution in [3.8, 4) is 11.4 Å². The van der Waals surface area contributed by atoms with Gasteiger partial charge in [-0.1, -0.05) is 0 Å². The number of nitrogens with zero attached hydrogens (tertiary/aromatic N) is 3. The molecular formula is C18H12F3N5. The molecule has 2 aromatic heterocycles. The van der Waals surface area contributed by atoms with Crippen LogP contribution >= 0.6 is 0 Å². The molecule has 0 aliphatic carbocycles. The van der Waals surface area contributed by atoms with Gasteiger partial charge in [-0.3, -0.25) is 0 Å². The Labute approximate surface area is 146 Å². The van der Waals surface area contributed by atoms with Crippen LogP contribution in [0.1, 0.15) is 5.56 Å². The standard InChI is InChI=1S/C18H12F3N5/c19-18(20,21)12-2-4-13(5-3-12)25-16-7-8-22-17(26-16)11-1-6-14-15(9-11)24-10-23-14/h1-10H,(H,23,24)(H,22,25,26).